The number of hydrogen-bond acceptors (Lipinski definition) is 7. The van der Waals surface area contributed by atoms with Gasteiger partial charge in [-0.15, -0.1) is 0 Å². The second kappa shape index (κ2) is 15.7. The van der Waals surface area contributed by atoms with E-state index in [1.54, 1.807) is 24.3 Å². The minimum atomic E-state index is -3.05. The molecule has 2 N–H and O–H groups in total. The molecule has 14 heteroatoms. The zero-order valence-electron chi connectivity index (χ0n) is 31.3. The number of anilines is 1. The normalized spacial score (nSPS) is 15.3. The predicted octanol–water partition coefficient (Wildman–Crippen LogP) is 6.46. The monoisotopic (exact) mass is 769 g/mol. The minimum absolute atomic E-state index is 0.0110. The number of rotatable bonds is 12. The largest absolute Gasteiger partial charge is 0.497 e. The lowest BCUT2D eigenvalue weighted by Gasteiger charge is -2.44. The molecular formula is C41H45F2N5O6Si. The first-order valence-corrected chi connectivity index (χ1v) is 20.0. The second-order valence-electron chi connectivity index (χ2n) is 14.9. The van der Waals surface area contributed by atoms with Crippen molar-refractivity contribution in [1.82, 2.24) is 19.7 Å². The molecule has 2 aromatic heterocycles. The molecule has 2 heterocycles. The van der Waals surface area contributed by atoms with Gasteiger partial charge in [-0.25, -0.2) is 18.6 Å². The maximum absolute atomic E-state index is 15.1. The van der Waals surface area contributed by atoms with Crippen LogP contribution in [0.25, 0.3) is 11.0 Å². The molecule has 0 unspecified atom stereocenters. The summed E-state index contributed by atoms with van der Waals surface area (Å²) in [5.74, 6) is -3.28. The summed E-state index contributed by atoms with van der Waals surface area (Å²) >= 11 is 0. The van der Waals surface area contributed by atoms with E-state index in [1.165, 1.54) is 30.3 Å². The number of aromatic nitrogens is 3. The molecule has 0 saturated heterocycles. The Morgan fingerprint density at radius 3 is 2.04 bits per heavy atom. The number of halogens is 2. The summed E-state index contributed by atoms with van der Waals surface area (Å²) in [6.07, 6.45) is -1.23. The van der Waals surface area contributed by atoms with Gasteiger partial charge in [0, 0.05) is 19.4 Å². The summed E-state index contributed by atoms with van der Waals surface area (Å²) in [5.41, 5.74) is -0.296. The summed E-state index contributed by atoms with van der Waals surface area (Å²) in [5, 5.41) is 17.7. The number of benzene rings is 3. The van der Waals surface area contributed by atoms with Crippen molar-refractivity contribution in [2.45, 2.75) is 62.8 Å². The van der Waals surface area contributed by atoms with Crippen LogP contribution in [-0.4, -0.2) is 83.7 Å². The number of methoxy groups -OCH3 is 1. The quantitative estimate of drug-likeness (QED) is 0.138. The van der Waals surface area contributed by atoms with Gasteiger partial charge in [0.1, 0.15) is 23.6 Å². The number of nitrogens with zero attached hydrogens (tertiary/aromatic N) is 4. The molecule has 3 aromatic carbocycles. The van der Waals surface area contributed by atoms with E-state index in [0.717, 1.165) is 15.1 Å². The zero-order chi connectivity index (χ0) is 39.4. The Kier molecular flexibility index (Phi) is 11.2. The van der Waals surface area contributed by atoms with E-state index in [0.29, 0.717) is 11.3 Å². The lowest BCUT2D eigenvalue weighted by Crippen LogP contribution is -2.67. The van der Waals surface area contributed by atoms with E-state index < -0.39 is 56.9 Å². The van der Waals surface area contributed by atoms with Gasteiger partial charge in [0.15, 0.2) is 0 Å². The van der Waals surface area contributed by atoms with Crippen LogP contribution in [0.4, 0.5) is 19.4 Å². The lowest BCUT2D eigenvalue weighted by atomic mass is 9.67. The highest BCUT2D eigenvalue weighted by molar-refractivity contribution is 6.99. The molecule has 0 radical (unpaired) electrons. The van der Waals surface area contributed by atoms with E-state index in [4.69, 9.17) is 9.16 Å². The topological polar surface area (TPSA) is 136 Å². The van der Waals surface area contributed by atoms with Gasteiger partial charge in [-0.3, -0.25) is 9.59 Å². The maximum atomic E-state index is 15.1. The molecule has 288 valence electrons. The number of carbonyl (C=O) groups is 3. The Labute approximate surface area is 319 Å². The number of ether oxygens (including phenoxy) is 1. The Bertz CT molecular complexity index is 2090. The molecule has 0 bridgehead atoms. The maximum Gasteiger partial charge on any atom is 0.432 e. The summed E-state index contributed by atoms with van der Waals surface area (Å²) in [6, 6.07) is 29.8. The fourth-order valence-electron chi connectivity index (χ4n) is 7.70. The Hall–Kier alpha value is -5.47. The smallest absolute Gasteiger partial charge is 0.432 e. The van der Waals surface area contributed by atoms with Crippen molar-refractivity contribution in [3.05, 3.63) is 109 Å². The van der Waals surface area contributed by atoms with Gasteiger partial charge in [0.25, 0.3) is 8.32 Å². The number of carboxylic acid groups (broad SMARTS) is 1. The fourth-order valence-corrected chi connectivity index (χ4v) is 12.3. The van der Waals surface area contributed by atoms with Gasteiger partial charge >= 0.3 is 6.09 Å². The molecule has 2 amide bonds. The van der Waals surface area contributed by atoms with Crippen molar-refractivity contribution < 1.29 is 37.4 Å². The number of carbonyl (C=O) groups excluding carboxylic acids is 2. The Morgan fingerprint density at radius 1 is 0.891 bits per heavy atom. The molecule has 5 aromatic rings. The molecule has 1 saturated carbocycles. The van der Waals surface area contributed by atoms with Crippen molar-refractivity contribution in [2.24, 2.45) is 0 Å². The molecule has 1 aliphatic carbocycles. The molecule has 0 atom stereocenters. The van der Waals surface area contributed by atoms with Crippen molar-refractivity contribution in [3.8, 4) is 5.75 Å². The van der Waals surface area contributed by atoms with Crippen LogP contribution in [0.5, 0.6) is 5.75 Å². The Morgan fingerprint density at radius 2 is 1.49 bits per heavy atom. The van der Waals surface area contributed by atoms with Gasteiger partial charge in [-0.05, 0) is 58.1 Å². The highest BCUT2D eigenvalue weighted by Gasteiger charge is 2.52. The number of alkyl halides is 2. The van der Waals surface area contributed by atoms with Crippen molar-refractivity contribution >= 4 is 53.4 Å². The number of fused-ring (bicyclic) bond motifs is 1. The molecule has 11 nitrogen and oxygen atoms in total. The van der Waals surface area contributed by atoms with E-state index >= 15 is 4.79 Å². The van der Waals surface area contributed by atoms with Gasteiger partial charge < -0.3 is 24.5 Å². The summed E-state index contributed by atoms with van der Waals surface area (Å²) in [4.78, 5) is 46.1. The predicted molar refractivity (Wildman–Crippen MR) is 208 cm³/mol. The van der Waals surface area contributed by atoms with Crippen molar-refractivity contribution in [1.29, 1.82) is 0 Å². The molecule has 1 aliphatic rings. The first-order valence-electron chi connectivity index (χ1n) is 18.1. The number of pyridine rings is 1. The SMILES string of the molecule is COc1ccc(C2(C(=O)N(CCO[Si](c3ccccc3)(c3ccccc3)C(C)(C)C)CC(=O)Nc3ccc4c(cnn4C(=O)O)n3)CCC(F)(F)CC2)cc1. The summed E-state index contributed by atoms with van der Waals surface area (Å²) in [6.45, 7) is 6.04. The standard InChI is InChI=1S/C41H45F2N5O6Si/c1-39(2,3)55(31-11-7-5-8-12-31,32-13-9-6-10-14-32)54-26-25-47(28-36(49)46-35-20-19-34-33(45-35)27-44-48(34)38(51)52)37(50)40(21-23-41(42,43)24-22-40)29-15-17-30(53-4)18-16-29/h5-20,27H,21-26,28H2,1-4H3,(H,51,52)(H,45,46,49). The molecule has 0 spiro atoms. The van der Waals surface area contributed by atoms with Crippen LogP contribution >= 0.6 is 0 Å². The van der Waals surface area contributed by atoms with Gasteiger partial charge in [-0.1, -0.05) is 93.6 Å². The van der Waals surface area contributed by atoms with Gasteiger partial charge in [0.05, 0.1) is 30.8 Å². The first kappa shape index (κ1) is 39.2. The van der Waals surface area contributed by atoms with Crippen LogP contribution in [0.2, 0.25) is 5.04 Å². The van der Waals surface area contributed by atoms with Gasteiger partial charge in [-0.2, -0.15) is 9.78 Å². The van der Waals surface area contributed by atoms with E-state index in [1.807, 2.05) is 36.4 Å². The molecular weight excluding hydrogens is 725 g/mol. The van der Waals surface area contributed by atoms with E-state index in [-0.39, 0.29) is 47.9 Å². The summed E-state index contributed by atoms with van der Waals surface area (Å²) < 4.78 is 42.7. The molecule has 1 fully saturated rings. The molecule has 55 heavy (non-hydrogen) atoms. The van der Waals surface area contributed by atoms with Gasteiger partial charge in [0.2, 0.25) is 17.7 Å². The lowest BCUT2D eigenvalue weighted by molar-refractivity contribution is -0.145. The third-order valence-corrected chi connectivity index (χ3v) is 15.5. The second-order valence-corrected chi connectivity index (χ2v) is 19.2. The van der Waals surface area contributed by atoms with E-state index in [9.17, 15) is 23.5 Å². The highest BCUT2D eigenvalue weighted by atomic mass is 28.4. The third-order valence-electron chi connectivity index (χ3n) is 10.5. The number of hydrogen-bond donors (Lipinski definition) is 2. The minimum Gasteiger partial charge on any atom is -0.497 e. The first-order chi connectivity index (χ1) is 26.2. The average Bonchev–Trinajstić information content (AvgIpc) is 3.60. The van der Waals surface area contributed by atoms with Crippen LogP contribution in [0.1, 0.15) is 52.0 Å². The van der Waals surface area contributed by atoms with Crippen LogP contribution in [-0.2, 0) is 19.4 Å². The van der Waals surface area contributed by atoms with Crippen LogP contribution in [0, 0.1) is 0 Å². The van der Waals surface area contributed by atoms with Crippen LogP contribution in [0.15, 0.2) is 103 Å². The third kappa shape index (κ3) is 8.01. The van der Waals surface area contributed by atoms with E-state index in [2.05, 4.69) is 60.4 Å². The van der Waals surface area contributed by atoms with Crippen LogP contribution in [0.3, 0.4) is 0 Å². The fraction of sp³-hybridized carbons (Fsp3) is 0.341. The Balaban J connectivity index is 1.35. The average molecular weight is 770 g/mol. The summed E-state index contributed by atoms with van der Waals surface area (Å²) in [7, 11) is -1.53. The molecule has 0 aliphatic heterocycles. The molecule has 6 rings (SSSR count). The zero-order valence-corrected chi connectivity index (χ0v) is 32.3. The van der Waals surface area contributed by atoms with Crippen molar-refractivity contribution in [2.75, 3.05) is 32.1 Å². The van der Waals surface area contributed by atoms with Crippen molar-refractivity contribution in [3.63, 3.8) is 0 Å². The number of nitrogens with one attached hydrogen (secondary N) is 1. The number of amides is 2. The highest BCUT2D eigenvalue weighted by Crippen LogP contribution is 2.47. The van der Waals surface area contributed by atoms with Crippen LogP contribution < -0.4 is 20.4 Å².